The fourth-order valence-corrected chi connectivity index (χ4v) is 2.85. The first-order chi connectivity index (χ1) is 11.3. The summed E-state index contributed by atoms with van der Waals surface area (Å²) in [6.45, 7) is -1.98. The van der Waals surface area contributed by atoms with Crippen LogP contribution in [0.4, 0.5) is 17.6 Å². The number of carbonyl (C=O) groups excluding carboxylic acids is 1. The lowest BCUT2D eigenvalue weighted by atomic mass is 9.93. The topological polar surface area (TPSA) is 35.5 Å². The van der Waals surface area contributed by atoms with Gasteiger partial charge in [-0.05, 0) is 41.5 Å². The molecule has 0 amide bonds. The molecule has 0 radical (unpaired) electrons. The van der Waals surface area contributed by atoms with Crippen LogP contribution in [0.3, 0.4) is 0 Å². The summed E-state index contributed by atoms with van der Waals surface area (Å²) in [7, 11) is 1.07. The van der Waals surface area contributed by atoms with Gasteiger partial charge in [0.05, 0.1) is 7.11 Å². The first kappa shape index (κ1) is 18.5. The Morgan fingerprint density at radius 1 is 1.08 bits per heavy atom. The molecule has 0 fully saturated rings. The third-order valence-corrected chi connectivity index (χ3v) is 4.19. The quantitative estimate of drug-likeness (QED) is 0.421. The van der Waals surface area contributed by atoms with Crippen molar-refractivity contribution in [3.8, 4) is 0 Å². The van der Waals surface area contributed by atoms with Gasteiger partial charge in [0.1, 0.15) is 0 Å². The van der Waals surface area contributed by atoms with Crippen LogP contribution < -0.4 is 0 Å². The van der Waals surface area contributed by atoms with Crippen LogP contribution in [-0.2, 0) is 19.9 Å². The maximum atomic E-state index is 12.7. The van der Waals surface area contributed by atoms with E-state index in [1.54, 1.807) is 18.2 Å². The molecule has 130 valence electrons. The van der Waals surface area contributed by atoms with E-state index >= 15 is 0 Å². The van der Waals surface area contributed by atoms with Crippen LogP contribution in [0.1, 0.15) is 12.5 Å². The van der Waals surface area contributed by atoms with Crippen molar-refractivity contribution in [1.29, 1.82) is 0 Å². The SMILES string of the molecule is COC(=O)C(C)(OC(F)F)c1ccc2cc(SC(F)F)ccc2c1. The minimum atomic E-state index is -3.17. The van der Waals surface area contributed by atoms with Gasteiger partial charge in [-0.3, -0.25) is 4.74 Å². The average Bonchev–Trinajstić information content (AvgIpc) is 2.52. The van der Waals surface area contributed by atoms with Crippen molar-refractivity contribution in [3.63, 3.8) is 0 Å². The minimum absolute atomic E-state index is 0.177. The number of alkyl halides is 4. The van der Waals surface area contributed by atoms with E-state index in [1.165, 1.54) is 25.1 Å². The van der Waals surface area contributed by atoms with E-state index in [2.05, 4.69) is 9.47 Å². The molecule has 1 atom stereocenters. The molecule has 8 heteroatoms. The molecule has 0 aromatic heterocycles. The van der Waals surface area contributed by atoms with Crippen molar-refractivity contribution in [3.05, 3.63) is 42.0 Å². The second-order valence-electron chi connectivity index (χ2n) is 5.01. The van der Waals surface area contributed by atoms with Crippen molar-refractivity contribution in [2.24, 2.45) is 0 Å². The molecule has 1 unspecified atom stereocenters. The van der Waals surface area contributed by atoms with Gasteiger partial charge in [-0.15, -0.1) is 0 Å². The van der Waals surface area contributed by atoms with Gasteiger partial charge in [0.2, 0.25) is 0 Å². The van der Waals surface area contributed by atoms with Gasteiger partial charge in [0, 0.05) is 4.90 Å². The van der Waals surface area contributed by atoms with E-state index in [0.717, 1.165) is 7.11 Å². The molecule has 0 aliphatic carbocycles. The fourth-order valence-electron chi connectivity index (χ4n) is 2.30. The highest BCUT2D eigenvalue weighted by Gasteiger charge is 2.40. The highest BCUT2D eigenvalue weighted by molar-refractivity contribution is 7.99. The monoisotopic (exact) mass is 362 g/mol. The Morgan fingerprint density at radius 3 is 2.29 bits per heavy atom. The highest BCUT2D eigenvalue weighted by atomic mass is 32.2. The summed E-state index contributed by atoms with van der Waals surface area (Å²) >= 11 is 0.409. The van der Waals surface area contributed by atoms with Crippen molar-refractivity contribution in [2.75, 3.05) is 7.11 Å². The molecule has 3 nitrogen and oxygen atoms in total. The Labute approximate surface area is 139 Å². The van der Waals surface area contributed by atoms with Gasteiger partial charge >= 0.3 is 12.6 Å². The highest BCUT2D eigenvalue weighted by Crippen LogP contribution is 2.33. The van der Waals surface area contributed by atoms with Gasteiger partial charge in [-0.25, -0.2) is 4.79 Å². The number of carbonyl (C=O) groups is 1. The third kappa shape index (κ3) is 3.99. The van der Waals surface area contributed by atoms with Crippen LogP contribution in [0.2, 0.25) is 0 Å². The van der Waals surface area contributed by atoms with Crippen LogP contribution in [0, 0.1) is 0 Å². The van der Waals surface area contributed by atoms with Crippen molar-refractivity contribution in [1.82, 2.24) is 0 Å². The standard InChI is InChI=1S/C16H14F4O3S/c1-16(13(21)22-2,23-14(17)18)11-5-3-10-8-12(24-15(19)20)6-4-9(10)7-11/h3-8,14-15H,1-2H3. The molecular weight excluding hydrogens is 348 g/mol. The second-order valence-corrected chi connectivity index (χ2v) is 6.07. The number of halogens is 4. The van der Waals surface area contributed by atoms with Crippen LogP contribution in [0.15, 0.2) is 41.3 Å². The lowest BCUT2D eigenvalue weighted by molar-refractivity contribution is -0.222. The van der Waals surface area contributed by atoms with Crippen molar-refractivity contribution >= 4 is 28.5 Å². The Hall–Kier alpha value is -1.80. The maximum Gasteiger partial charge on any atom is 0.346 e. The average molecular weight is 362 g/mol. The predicted molar refractivity (Wildman–Crippen MR) is 82.3 cm³/mol. The summed E-state index contributed by atoms with van der Waals surface area (Å²) in [6, 6.07) is 9.09. The van der Waals surface area contributed by atoms with Crippen LogP contribution >= 0.6 is 11.8 Å². The number of hydrogen-bond acceptors (Lipinski definition) is 4. The van der Waals surface area contributed by atoms with Gasteiger partial charge in [0.25, 0.3) is 5.76 Å². The number of thioether (sulfide) groups is 1. The van der Waals surface area contributed by atoms with Gasteiger partial charge in [-0.2, -0.15) is 17.6 Å². The summed E-state index contributed by atoms with van der Waals surface area (Å²) in [4.78, 5) is 12.3. The molecule has 0 saturated heterocycles. The van der Waals surface area contributed by atoms with E-state index < -0.39 is 23.9 Å². The molecule has 2 rings (SSSR count). The number of benzene rings is 2. The van der Waals surface area contributed by atoms with Gasteiger partial charge in [0.15, 0.2) is 5.60 Å². The lowest BCUT2D eigenvalue weighted by Crippen LogP contribution is -2.38. The summed E-state index contributed by atoms with van der Waals surface area (Å²) in [5.41, 5.74) is -1.80. The summed E-state index contributed by atoms with van der Waals surface area (Å²) in [5, 5.41) is 1.23. The van der Waals surface area contributed by atoms with E-state index in [4.69, 9.17) is 0 Å². The van der Waals surface area contributed by atoms with E-state index in [-0.39, 0.29) is 5.56 Å². The zero-order chi connectivity index (χ0) is 17.9. The van der Waals surface area contributed by atoms with Crippen LogP contribution in [-0.4, -0.2) is 25.4 Å². The molecular formula is C16H14F4O3S. The van der Waals surface area contributed by atoms with Gasteiger partial charge in [-0.1, -0.05) is 30.0 Å². The summed E-state index contributed by atoms with van der Waals surface area (Å²) in [6.07, 6.45) is 0. The molecule has 0 aliphatic rings. The maximum absolute atomic E-state index is 12.7. The van der Waals surface area contributed by atoms with Gasteiger partial charge < -0.3 is 4.74 Å². The normalized spacial score (nSPS) is 14.2. The zero-order valence-corrected chi connectivity index (χ0v) is 13.6. The number of ether oxygens (including phenoxy) is 2. The predicted octanol–water partition coefficient (Wildman–Crippen LogP) is 4.78. The fraction of sp³-hybridized carbons (Fsp3) is 0.312. The summed E-state index contributed by atoms with van der Waals surface area (Å²) in [5.74, 6) is -3.50. The molecule has 0 bridgehead atoms. The largest absolute Gasteiger partial charge is 0.467 e. The Bertz CT molecular complexity index is 738. The van der Waals surface area contributed by atoms with Crippen molar-refractivity contribution in [2.45, 2.75) is 29.8 Å². The van der Waals surface area contributed by atoms with Crippen LogP contribution in [0.25, 0.3) is 10.8 Å². The molecule has 0 heterocycles. The Kier molecular flexibility index (Phi) is 5.71. The molecule has 0 N–H and O–H groups in total. The molecule has 2 aromatic rings. The number of esters is 1. The Balaban J connectivity index is 2.46. The smallest absolute Gasteiger partial charge is 0.346 e. The number of methoxy groups -OCH3 is 1. The number of fused-ring (bicyclic) bond motifs is 1. The van der Waals surface area contributed by atoms with Crippen LogP contribution in [0.5, 0.6) is 0 Å². The van der Waals surface area contributed by atoms with E-state index in [9.17, 15) is 22.4 Å². The number of hydrogen-bond donors (Lipinski definition) is 0. The lowest BCUT2D eigenvalue weighted by Gasteiger charge is -2.27. The third-order valence-electron chi connectivity index (χ3n) is 3.49. The first-order valence-electron chi connectivity index (χ1n) is 6.80. The molecule has 0 spiro atoms. The first-order valence-corrected chi connectivity index (χ1v) is 7.67. The molecule has 2 aromatic carbocycles. The van der Waals surface area contributed by atoms with E-state index in [0.29, 0.717) is 27.4 Å². The second kappa shape index (κ2) is 7.40. The Morgan fingerprint density at radius 2 is 1.71 bits per heavy atom. The zero-order valence-electron chi connectivity index (χ0n) is 12.8. The molecule has 24 heavy (non-hydrogen) atoms. The number of rotatable bonds is 6. The summed E-state index contributed by atoms with van der Waals surface area (Å²) < 4.78 is 59.3. The van der Waals surface area contributed by atoms with E-state index in [1.807, 2.05) is 0 Å². The minimum Gasteiger partial charge on any atom is -0.467 e. The molecule has 0 aliphatic heterocycles. The molecule has 0 saturated carbocycles. The van der Waals surface area contributed by atoms with Crippen molar-refractivity contribution < 1.29 is 31.8 Å².